The third-order valence-electron chi connectivity index (χ3n) is 3.45. The minimum Gasteiger partial charge on any atom is -0.396 e. The smallest absolute Gasteiger partial charge is 0.284 e. The molecular formula is C11H17F2N3O. The normalized spacial score (nSPS) is 25.4. The van der Waals surface area contributed by atoms with E-state index in [1.165, 1.54) is 6.20 Å². The Kier molecular flexibility index (Phi) is 3.61. The Bertz CT molecular complexity index is 373. The molecule has 1 heterocycles. The van der Waals surface area contributed by atoms with Crippen LogP contribution < -0.4 is 5.73 Å². The van der Waals surface area contributed by atoms with Crippen molar-refractivity contribution in [1.82, 2.24) is 9.78 Å². The maximum absolute atomic E-state index is 12.5. The number of anilines is 1. The highest BCUT2D eigenvalue weighted by molar-refractivity contribution is 5.41. The molecule has 0 bridgehead atoms. The Hall–Kier alpha value is -1.17. The van der Waals surface area contributed by atoms with Crippen molar-refractivity contribution in [2.24, 2.45) is 5.92 Å². The van der Waals surface area contributed by atoms with E-state index in [4.69, 9.17) is 10.8 Å². The van der Waals surface area contributed by atoms with Gasteiger partial charge in [-0.3, -0.25) is 4.68 Å². The molecular weight excluding hydrogens is 228 g/mol. The topological polar surface area (TPSA) is 64.1 Å². The zero-order valence-electron chi connectivity index (χ0n) is 9.52. The number of halogens is 2. The first-order valence-corrected chi connectivity index (χ1v) is 5.85. The number of aliphatic hydroxyl groups is 1. The van der Waals surface area contributed by atoms with E-state index >= 15 is 0 Å². The van der Waals surface area contributed by atoms with Crippen molar-refractivity contribution >= 4 is 5.69 Å². The van der Waals surface area contributed by atoms with Gasteiger partial charge < -0.3 is 10.8 Å². The SMILES string of the molecule is Nc1cn([C@H]2CC[C@H](CO)CC2)nc1C(F)F. The molecule has 0 radical (unpaired) electrons. The summed E-state index contributed by atoms with van der Waals surface area (Å²) in [5.74, 6) is 0.341. The minimum absolute atomic E-state index is 0.0595. The molecule has 0 unspecified atom stereocenters. The molecule has 1 fully saturated rings. The van der Waals surface area contributed by atoms with Gasteiger partial charge in [-0.25, -0.2) is 8.78 Å². The fraction of sp³-hybridized carbons (Fsp3) is 0.727. The largest absolute Gasteiger partial charge is 0.396 e. The Morgan fingerprint density at radius 2 is 2.06 bits per heavy atom. The molecule has 1 aromatic heterocycles. The van der Waals surface area contributed by atoms with E-state index in [1.807, 2.05) is 0 Å². The molecule has 17 heavy (non-hydrogen) atoms. The van der Waals surface area contributed by atoms with E-state index in [9.17, 15) is 8.78 Å². The fourth-order valence-electron chi connectivity index (χ4n) is 2.37. The number of rotatable bonds is 3. The Morgan fingerprint density at radius 1 is 1.41 bits per heavy atom. The molecule has 0 aliphatic heterocycles. The predicted molar refractivity (Wildman–Crippen MR) is 59.7 cm³/mol. The van der Waals surface area contributed by atoms with Gasteiger partial charge in [-0.05, 0) is 31.6 Å². The number of hydrogen-bond acceptors (Lipinski definition) is 3. The van der Waals surface area contributed by atoms with Crippen LogP contribution in [-0.2, 0) is 0 Å². The van der Waals surface area contributed by atoms with E-state index in [-0.39, 0.29) is 24.0 Å². The van der Waals surface area contributed by atoms with Crippen LogP contribution in [0, 0.1) is 5.92 Å². The zero-order chi connectivity index (χ0) is 12.4. The summed E-state index contributed by atoms with van der Waals surface area (Å²) < 4.78 is 26.6. The number of aliphatic hydroxyl groups excluding tert-OH is 1. The van der Waals surface area contributed by atoms with Crippen LogP contribution in [0.2, 0.25) is 0 Å². The van der Waals surface area contributed by atoms with Gasteiger partial charge in [-0.2, -0.15) is 5.10 Å². The number of nitrogens with two attached hydrogens (primary N) is 1. The Balaban J connectivity index is 2.06. The van der Waals surface area contributed by atoms with Gasteiger partial charge in [-0.1, -0.05) is 0 Å². The second kappa shape index (κ2) is 5.00. The molecule has 4 nitrogen and oxygen atoms in total. The van der Waals surface area contributed by atoms with Crippen LogP contribution in [0.15, 0.2) is 6.20 Å². The minimum atomic E-state index is -2.62. The maximum Gasteiger partial charge on any atom is 0.284 e. The molecule has 0 amide bonds. The quantitative estimate of drug-likeness (QED) is 0.857. The molecule has 1 saturated carbocycles. The lowest BCUT2D eigenvalue weighted by Gasteiger charge is -2.27. The van der Waals surface area contributed by atoms with Gasteiger partial charge in [0.1, 0.15) is 0 Å². The van der Waals surface area contributed by atoms with Crippen molar-refractivity contribution in [3.05, 3.63) is 11.9 Å². The summed E-state index contributed by atoms with van der Waals surface area (Å²) in [6.45, 7) is 0.205. The first-order valence-electron chi connectivity index (χ1n) is 5.85. The van der Waals surface area contributed by atoms with Crippen LogP contribution in [0.3, 0.4) is 0 Å². The molecule has 3 N–H and O–H groups in total. The van der Waals surface area contributed by atoms with E-state index in [0.29, 0.717) is 5.92 Å². The highest BCUT2D eigenvalue weighted by Gasteiger charge is 2.24. The predicted octanol–water partition coefficient (Wildman–Crippen LogP) is 2.13. The summed E-state index contributed by atoms with van der Waals surface area (Å²) in [5.41, 5.74) is 5.23. The van der Waals surface area contributed by atoms with Crippen molar-refractivity contribution in [3.8, 4) is 0 Å². The third kappa shape index (κ3) is 2.57. The molecule has 2 rings (SSSR count). The van der Waals surface area contributed by atoms with Crippen LogP contribution in [0.25, 0.3) is 0 Å². The summed E-state index contributed by atoms with van der Waals surface area (Å²) in [6, 6.07) is 0.132. The van der Waals surface area contributed by atoms with Crippen molar-refractivity contribution < 1.29 is 13.9 Å². The number of hydrogen-bond donors (Lipinski definition) is 2. The van der Waals surface area contributed by atoms with E-state index in [2.05, 4.69) is 5.10 Å². The highest BCUT2D eigenvalue weighted by Crippen LogP contribution is 2.33. The van der Waals surface area contributed by atoms with Gasteiger partial charge in [0.2, 0.25) is 0 Å². The van der Waals surface area contributed by atoms with Gasteiger partial charge in [0, 0.05) is 12.8 Å². The maximum atomic E-state index is 12.5. The molecule has 0 saturated heterocycles. The van der Waals surface area contributed by atoms with Crippen LogP contribution in [-0.4, -0.2) is 21.5 Å². The van der Waals surface area contributed by atoms with E-state index in [0.717, 1.165) is 25.7 Å². The first-order chi connectivity index (χ1) is 8.11. The number of nitrogen functional groups attached to an aromatic ring is 1. The van der Waals surface area contributed by atoms with E-state index < -0.39 is 6.43 Å². The van der Waals surface area contributed by atoms with Crippen LogP contribution >= 0.6 is 0 Å². The molecule has 96 valence electrons. The lowest BCUT2D eigenvalue weighted by atomic mass is 9.87. The fourth-order valence-corrected chi connectivity index (χ4v) is 2.37. The van der Waals surface area contributed by atoms with Crippen LogP contribution in [0.5, 0.6) is 0 Å². The van der Waals surface area contributed by atoms with Crippen molar-refractivity contribution in [2.45, 2.75) is 38.2 Å². The molecule has 0 atom stereocenters. The molecule has 0 spiro atoms. The lowest BCUT2D eigenvalue weighted by molar-refractivity contribution is 0.142. The van der Waals surface area contributed by atoms with Crippen molar-refractivity contribution in [3.63, 3.8) is 0 Å². The number of nitrogens with zero attached hydrogens (tertiary/aromatic N) is 2. The molecule has 1 aromatic rings. The summed E-state index contributed by atoms with van der Waals surface area (Å²) in [5, 5.41) is 12.9. The lowest BCUT2D eigenvalue weighted by Crippen LogP contribution is -2.20. The second-order valence-electron chi connectivity index (χ2n) is 4.61. The van der Waals surface area contributed by atoms with Gasteiger partial charge in [-0.15, -0.1) is 0 Å². The Morgan fingerprint density at radius 3 is 2.53 bits per heavy atom. The van der Waals surface area contributed by atoms with Crippen molar-refractivity contribution in [1.29, 1.82) is 0 Å². The third-order valence-corrected chi connectivity index (χ3v) is 3.45. The molecule has 1 aliphatic carbocycles. The van der Waals surface area contributed by atoms with Gasteiger partial charge in [0.15, 0.2) is 5.69 Å². The van der Waals surface area contributed by atoms with E-state index in [1.54, 1.807) is 4.68 Å². The molecule has 6 heteroatoms. The summed E-state index contributed by atoms with van der Waals surface area (Å²) >= 11 is 0. The van der Waals surface area contributed by atoms with Crippen LogP contribution in [0.4, 0.5) is 14.5 Å². The monoisotopic (exact) mass is 245 g/mol. The summed E-state index contributed by atoms with van der Waals surface area (Å²) in [7, 11) is 0. The van der Waals surface area contributed by atoms with Gasteiger partial charge in [0.25, 0.3) is 6.43 Å². The van der Waals surface area contributed by atoms with Crippen molar-refractivity contribution in [2.75, 3.05) is 12.3 Å². The first kappa shape index (κ1) is 12.3. The number of aromatic nitrogens is 2. The zero-order valence-corrected chi connectivity index (χ0v) is 9.52. The average Bonchev–Trinajstić information content (AvgIpc) is 2.71. The average molecular weight is 245 g/mol. The van der Waals surface area contributed by atoms with Crippen LogP contribution in [0.1, 0.15) is 43.8 Å². The standard InChI is InChI=1S/C11H17F2N3O/c12-11(13)10-9(14)5-16(15-10)8-3-1-7(6-17)2-4-8/h5,7-8,11,17H,1-4,6,14H2/t7-,8-. The number of alkyl halides is 2. The Labute approximate surface area is 98.4 Å². The molecule has 1 aliphatic rings. The summed E-state index contributed by atoms with van der Waals surface area (Å²) in [4.78, 5) is 0. The molecule has 0 aromatic carbocycles. The van der Waals surface area contributed by atoms with Gasteiger partial charge >= 0.3 is 0 Å². The second-order valence-corrected chi connectivity index (χ2v) is 4.61. The van der Waals surface area contributed by atoms with Gasteiger partial charge in [0.05, 0.1) is 11.7 Å². The summed E-state index contributed by atoms with van der Waals surface area (Å²) in [6.07, 6.45) is 2.40. The highest BCUT2D eigenvalue weighted by atomic mass is 19.3.